The van der Waals surface area contributed by atoms with Crippen LogP contribution in [0.4, 0.5) is 0 Å². The Kier molecular flexibility index (Phi) is 6.14. The molecule has 0 bridgehead atoms. The average Bonchev–Trinajstić information content (AvgIpc) is 3.86. The van der Waals surface area contributed by atoms with E-state index in [9.17, 15) is 0 Å². The summed E-state index contributed by atoms with van der Waals surface area (Å²) in [6.45, 7) is 0. The molecule has 0 aliphatic heterocycles. The zero-order valence-electron chi connectivity index (χ0n) is 31.1. The molecule has 2 heteroatoms. The van der Waals surface area contributed by atoms with E-state index in [2.05, 4.69) is 182 Å². The Hall–Kier alpha value is -6.84. The van der Waals surface area contributed by atoms with E-state index in [1.165, 1.54) is 138 Å². The molecule has 2 heterocycles. The molecule has 12 aromatic carbocycles. The Morgan fingerprint density at radius 2 is 0.603 bits per heavy atom. The van der Waals surface area contributed by atoms with E-state index >= 15 is 0 Å². The van der Waals surface area contributed by atoms with E-state index in [1.807, 2.05) is 22.7 Å². The lowest BCUT2D eigenvalue weighted by molar-refractivity contribution is 1.71. The van der Waals surface area contributed by atoms with Crippen LogP contribution in [0.1, 0.15) is 0 Å². The van der Waals surface area contributed by atoms with Crippen molar-refractivity contribution in [1.29, 1.82) is 0 Å². The first-order valence-electron chi connectivity index (χ1n) is 20.0. The molecule has 0 spiro atoms. The smallest absolute Gasteiger partial charge is 0.0434 e. The molecule has 0 saturated carbocycles. The SMILES string of the molecule is c1ccc2c(c1)sc1c(-c3ccc4cc(-c5cc6ccc(-c7cccc8c7sc7ccccc78)c7ccc8cccc5c8c67)c5cccc6ccc3c4c65)cccc12. The highest BCUT2D eigenvalue weighted by molar-refractivity contribution is 7.26. The van der Waals surface area contributed by atoms with Crippen LogP contribution in [0.3, 0.4) is 0 Å². The topological polar surface area (TPSA) is 0 Å². The Labute approximate surface area is 341 Å². The van der Waals surface area contributed by atoms with E-state index < -0.39 is 0 Å². The van der Waals surface area contributed by atoms with Gasteiger partial charge in [-0.1, -0.05) is 158 Å². The Bertz CT molecular complexity index is 3760. The molecule has 14 aromatic rings. The number of thiophene rings is 2. The van der Waals surface area contributed by atoms with Crippen LogP contribution in [-0.4, -0.2) is 0 Å². The first-order chi connectivity index (χ1) is 28.8. The summed E-state index contributed by atoms with van der Waals surface area (Å²) in [6, 6.07) is 68.9. The molecule has 266 valence electrons. The highest BCUT2D eigenvalue weighted by Crippen LogP contribution is 2.50. The van der Waals surface area contributed by atoms with Gasteiger partial charge in [-0.25, -0.2) is 0 Å². The summed E-state index contributed by atoms with van der Waals surface area (Å²) < 4.78 is 5.39. The third-order valence-electron chi connectivity index (χ3n) is 13.0. The lowest BCUT2D eigenvalue weighted by Crippen LogP contribution is -1.93. The van der Waals surface area contributed by atoms with Crippen molar-refractivity contribution in [2.45, 2.75) is 0 Å². The average molecular weight is 767 g/mol. The van der Waals surface area contributed by atoms with Crippen molar-refractivity contribution in [1.82, 2.24) is 0 Å². The zero-order chi connectivity index (χ0) is 37.6. The summed E-state index contributed by atoms with van der Waals surface area (Å²) in [5, 5.41) is 21.1. The van der Waals surface area contributed by atoms with Gasteiger partial charge in [0.1, 0.15) is 0 Å². The molecule has 0 amide bonds. The quantitative estimate of drug-likeness (QED) is 0.157. The van der Waals surface area contributed by atoms with Gasteiger partial charge in [0, 0.05) is 51.5 Å². The molecular formula is C56H30S2. The summed E-state index contributed by atoms with van der Waals surface area (Å²) in [4.78, 5) is 0. The van der Waals surface area contributed by atoms with Gasteiger partial charge < -0.3 is 0 Å². The van der Waals surface area contributed by atoms with Crippen molar-refractivity contribution in [3.63, 3.8) is 0 Å². The second kappa shape index (κ2) is 11.4. The highest BCUT2D eigenvalue weighted by Gasteiger charge is 2.22. The van der Waals surface area contributed by atoms with Gasteiger partial charge in [-0.3, -0.25) is 0 Å². The second-order valence-electron chi connectivity index (χ2n) is 15.9. The van der Waals surface area contributed by atoms with Crippen molar-refractivity contribution in [2.75, 3.05) is 0 Å². The van der Waals surface area contributed by atoms with Crippen molar-refractivity contribution in [3.8, 4) is 33.4 Å². The Morgan fingerprint density at radius 1 is 0.224 bits per heavy atom. The van der Waals surface area contributed by atoms with E-state index in [4.69, 9.17) is 0 Å². The molecule has 0 unspecified atom stereocenters. The van der Waals surface area contributed by atoms with Crippen molar-refractivity contribution in [2.24, 2.45) is 0 Å². The highest BCUT2D eigenvalue weighted by atomic mass is 32.1. The molecule has 14 rings (SSSR count). The minimum atomic E-state index is 1.28. The van der Waals surface area contributed by atoms with Gasteiger partial charge in [0.05, 0.1) is 0 Å². The summed E-state index contributed by atoms with van der Waals surface area (Å²) in [7, 11) is 0. The predicted molar refractivity (Wildman–Crippen MR) is 256 cm³/mol. The number of hydrogen-bond acceptors (Lipinski definition) is 2. The maximum atomic E-state index is 2.47. The van der Waals surface area contributed by atoms with Gasteiger partial charge in [0.15, 0.2) is 0 Å². The van der Waals surface area contributed by atoms with E-state index in [0.717, 1.165) is 0 Å². The summed E-state index contributed by atoms with van der Waals surface area (Å²) >= 11 is 3.81. The molecule has 0 fully saturated rings. The van der Waals surface area contributed by atoms with Crippen LogP contribution < -0.4 is 0 Å². The van der Waals surface area contributed by atoms with Crippen LogP contribution >= 0.6 is 22.7 Å². The third-order valence-corrected chi connectivity index (χ3v) is 15.4. The fourth-order valence-electron chi connectivity index (χ4n) is 10.5. The summed E-state index contributed by atoms with van der Waals surface area (Å²) in [6.07, 6.45) is 0. The lowest BCUT2D eigenvalue weighted by Gasteiger charge is -2.20. The van der Waals surface area contributed by atoms with Gasteiger partial charge >= 0.3 is 0 Å². The molecule has 0 N–H and O–H groups in total. The zero-order valence-corrected chi connectivity index (χ0v) is 32.8. The first-order valence-corrected chi connectivity index (χ1v) is 21.6. The normalized spacial score (nSPS) is 12.5. The molecule has 0 aliphatic carbocycles. The predicted octanol–water partition coefficient (Wildman–Crippen LogP) is 17.2. The fourth-order valence-corrected chi connectivity index (χ4v) is 13.0. The maximum absolute atomic E-state index is 2.47. The van der Waals surface area contributed by atoms with E-state index in [-0.39, 0.29) is 0 Å². The minimum Gasteiger partial charge on any atom is -0.135 e. The molecule has 2 aromatic heterocycles. The fraction of sp³-hybridized carbons (Fsp3) is 0. The Morgan fingerprint density at radius 3 is 1.10 bits per heavy atom. The monoisotopic (exact) mass is 766 g/mol. The maximum Gasteiger partial charge on any atom is 0.0434 e. The summed E-state index contributed by atoms with van der Waals surface area (Å²) in [5.41, 5.74) is 7.80. The van der Waals surface area contributed by atoms with E-state index in [1.54, 1.807) is 0 Å². The van der Waals surface area contributed by atoms with Gasteiger partial charge in [-0.15, -0.1) is 22.7 Å². The number of hydrogen-bond donors (Lipinski definition) is 0. The van der Waals surface area contributed by atoms with Gasteiger partial charge in [0.25, 0.3) is 0 Å². The number of benzene rings is 12. The second-order valence-corrected chi connectivity index (χ2v) is 18.0. The molecule has 0 atom stereocenters. The summed E-state index contributed by atoms with van der Waals surface area (Å²) in [5.74, 6) is 0. The first kappa shape index (κ1) is 31.3. The third kappa shape index (κ3) is 4.08. The number of fused-ring (bicyclic) bond motifs is 6. The largest absolute Gasteiger partial charge is 0.135 e. The van der Waals surface area contributed by atoms with Gasteiger partial charge in [-0.05, 0) is 111 Å². The van der Waals surface area contributed by atoms with Crippen LogP contribution in [0.5, 0.6) is 0 Å². The van der Waals surface area contributed by atoms with Gasteiger partial charge in [0.2, 0.25) is 0 Å². The van der Waals surface area contributed by atoms with Crippen molar-refractivity contribution in [3.05, 3.63) is 182 Å². The van der Waals surface area contributed by atoms with Crippen LogP contribution in [-0.2, 0) is 0 Å². The molecular weight excluding hydrogens is 737 g/mol. The standard InChI is InChI=1S/C56H30S2/c1-3-19-49-37(11-1)45-17-7-15-43(55(45)57-49)35-25-23-33-29-47(39-13-5-9-31-21-27-41(35)53(33)51(31)39)48-30-34-24-26-36(42-28-22-32-10-6-14-40(48)52(32)54(34)42)44-16-8-18-46-38-12-2-4-20-50(38)58-56(44)46/h1-30H. The molecule has 0 nitrogen and oxygen atoms in total. The Balaban J connectivity index is 1.03. The van der Waals surface area contributed by atoms with Crippen molar-refractivity contribution >= 4 is 128 Å². The van der Waals surface area contributed by atoms with Gasteiger partial charge in [-0.2, -0.15) is 0 Å². The number of rotatable bonds is 3. The van der Waals surface area contributed by atoms with Crippen LogP contribution in [0.25, 0.3) is 138 Å². The molecule has 58 heavy (non-hydrogen) atoms. The molecule has 0 aliphatic rings. The van der Waals surface area contributed by atoms with Crippen LogP contribution in [0.2, 0.25) is 0 Å². The molecule has 0 radical (unpaired) electrons. The van der Waals surface area contributed by atoms with E-state index in [0.29, 0.717) is 0 Å². The van der Waals surface area contributed by atoms with Crippen LogP contribution in [0, 0.1) is 0 Å². The molecule has 0 saturated heterocycles. The van der Waals surface area contributed by atoms with Crippen molar-refractivity contribution < 1.29 is 0 Å². The lowest BCUT2D eigenvalue weighted by atomic mass is 9.83. The minimum absolute atomic E-state index is 1.28. The van der Waals surface area contributed by atoms with Crippen LogP contribution in [0.15, 0.2) is 182 Å².